The lowest BCUT2D eigenvalue weighted by atomic mass is 10.0. The van der Waals surface area contributed by atoms with E-state index in [0.29, 0.717) is 0 Å². The summed E-state index contributed by atoms with van der Waals surface area (Å²) in [4.78, 5) is 0. The first kappa shape index (κ1) is 16.3. The van der Waals surface area contributed by atoms with Crippen molar-refractivity contribution >= 4 is 50.1 Å². The van der Waals surface area contributed by atoms with Crippen LogP contribution in [0.5, 0.6) is 0 Å². The van der Waals surface area contributed by atoms with Gasteiger partial charge in [0.05, 0.1) is 20.9 Å². The molecule has 0 fully saturated rings. The van der Waals surface area contributed by atoms with Crippen LogP contribution in [0.1, 0.15) is 29.9 Å². The molecule has 0 aliphatic heterocycles. The van der Waals surface area contributed by atoms with Gasteiger partial charge >= 0.3 is 0 Å². The highest BCUT2D eigenvalue weighted by Crippen LogP contribution is 2.28. The summed E-state index contributed by atoms with van der Waals surface area (Å²) in [7, 11) is 0. The Labute approximate surface area is 146 Å². The minimum atomic E-state index is -0.0952. The molecule has 6 heteroatoms. The van der Waals surface area contributed by atoms with E-state index < -0.39 is 0 Å². The normalized spacial score (nSPS) is 12.7. The Morgan fingerprint density at radius 3 is 2.80 bits per heavy atom. The second kappa shape index (κ2) is 6.77. The molecule has 3 nitrogen and oxygen atoms in total. The van der Waals surface area contributed by atoms with Crippen LogP contribution < -0.4 is 5.73 Å². The molecule has 108 valence electrons. The van der Waals surface area contributed by atoms with E-state index in [4.69, 9.17) is 17.3 Å². The molecule has 2 rings (SSSR count). The van der Waals surface area contributed by atoms with Crippen molar-refractivity contribution in [3.63, 3.8) is 0 Å². The largest absolute Gasteiger partial charge is 0.324 e. The quantitative estimate of drug-likeness (QED) is 0.673. The second-order valence-electron chi connectivity index (χ2n) is 4.65. The van der Waals surface area contributed by atoms with Gasteiger partial charge in [-0.2, -0.15) is 5.10 Å². The molecule has 0 aliphatic carbocycles. The number of nitrogens with two attached hydrogens (primary N) is 1. The van der Waals surface area contributed by atoms with Crippen LogP contribution in [0.25, 0.3) is 0 Å². The molecule has 2 N–H and O–H groups in total. The summed E-state index contributed by atoms with van der Waals surface area (Å²) in [6, 6.07) is 5.88. The molecule has 0 saturated carbocycles. The monoisotopic (exact) mass is 467 g/mol. The van der Waals surface area contributed by atoms with Crippen molar-refractivity contribution in [2.75, 3.05) is 0 Å². The van der Waals surface area contributed by atoms with E-state index in [-0.39, 0.29) is 6.04 Å². The summed E-state index contributed by atoms with van der Waals surface area (Å²) < 4.78 is 4.08. The third-order valence-corrected chi connectivity index (χ3v) is 5.84. The van der Waals surface area contributed by atoms with E-state index >= 15 is 0 Å². The summed E-state index contributed by atoms with van der Waals surface area (Å²) in [5.74, 6) is 0. The highest BCUT2D eigenvalue weighted by Gasteiger charge is 2.17. The molecular weight excluding hydrogens is 452 g/mol. The van der Waals surface area contributed by atoms with Gasteiger partial charge in [-0.3, -0.25) is 4.68 Å². The summed E-state index contributed by atoms with van der Waals surface area (Å²) in [6.07, 6.45) is 0.728. The topological polar surface area (TPSA) is 43.8 Å². The van der Waals surface area contributed by atoms with Gasteiger partial charge in [0.25, 0.3) is 0 Å². The number of hydrogen-bond acceptors (Lipinski definition) is 2. The molecule has 0 aliphatic rings. The summed E-state index contributed by atoms with van der Waals surface area (Å²) in [5, 5.41) is 5.24. The first-order valence-electron chi connectivity index (χ1n) is 6.36. The Bertz CT molecular complexity index is 627. The zero-order chi connectivity index (χ0) is 14.9. The van der Waals surface area contributed by atoms with Crippen LogP contribution in [0.15, 0.2) is 22.7 Å². The van der Waals surface area contributed by atoms with Gasteiger partial charge in [0.2, 0.25) is 0 Å². The van der Waals surface area contributed by atoms with Crippen LogP contribution in [0.4, 0.5) is 0 Å². The summed E-state index contributed by atoms with van der Waals surface area (Å²) in [6.45, 7) is 4.91. The maximum atomic E-state index is 6.32. The molecule has 0 bridgehead atoms. The van der Waals surface area contributed by atoms with E-state index in [0.717, 1.165) is 43.0 Å². The van der Waals surface area contributed by atoms with Crippen LogP contribution in [-0.2, 0) is 13.0 Å². The van der Waals surface area contributed by atoms with Gasteiger partial charge in [0.15, 0.2) is 0 Å². The zero-order valence-electron chi connectivity index (χ0n) is 11.3. The van der Waals surface area contributed by atoms with E-state index in [1.54, 1.807) is 0 Å². The smallest absolute Gasteiger partial charge is 0.0738 e. The Kier molecular flexibility index (Phi) is 5.50. The molecule has 2 aromatic rings. The van der Waals surface area contributed by atoms with E-state index in [1.807, 2.05) is 29.8 Å². The summed E-state index contributed by atoms with van der Waals surface area (Å²) >= 11 is 12.0. The van der Waals surface area contributed by atoms with Crippen LogP contribution in [-0.4, -0.2) is 9.78 Å². The fourth-order valence-corrected chi connectivity index (χ4v) is 3.10. The van der Waals surface area contributed by atoms with E-state index in [1.165, 1.54) is 0 Å². The second-order valence-corrected chi connectivity index (χ2v) is 7.01. The number of halogens is 3. The molecule has 1 aromatic heterocycles. The van der Waals surface area contributed by atoms with Crippen molar-refractivity contribution in [1.29, 1.82) is 0 Å². The van der Waals surface area contributed by atoms with Gasteiger partial charge in [-0.05, 0) is 70.1 Å². The summed E-state index contributed by atoms with van der Waals surface area (Å²) in [5.41, 5.74) is 9.50. The number of benzene rings is 1. The van der Waals surface area contributed by atoms with Gasteiger partial charge < -0.3 is 5.73 Å². The average Bonchev–Trinajstić information content (AvgIpc) is 2.69. The van der Waals surface area contributed by atoms with Crippen LogP contribution in [0.3, 0.4) is 0 Å². The van der Waals surface area contributed by atoms with Gasteiger partial charge in [0.1, 0.15) is 0 Å². The van der Waals surface area contributed by atoms with Crippen molar-refractivity contribution in [2.24, 2.45) is 5.73 Å². The Morgan fingerprint density at radius 2 is 2.20 bits per heavy atom. The molecule has 1 atom stereocenters. The molecule has 0 saturated heterocycles. The number of aromatic nitrogens is 2. The van der Waals surface area contributed by atoms with Crippen LogP contribution in [0.2, 0.25) is 5.02 Å². The first-order chi connectivity index (χ1) is 9.43. The predicted octanol–water partition coefficient (Wildman–Crippen LogP) is 4.47. The van der Waals surface area contributed by atoms with Crippen LogP contribution >= 0.6 is 50.1 Å². The minimum Gasteiger partial charge on any atom is -0.324 e. The third kappa shape index (κ3) is 3.37. The van der Waals surface area contributed by atoms with Crippen molar-refractivity contribution in [2.45, 2.75) is 32.9 Å². The number of nitrogens with zero attached hydrogens (tertiary/aromatic N) is 2. The lowest BCUT2D eigenvalue weighted by molar-refractivity contribution is 0.586. The van der Waals surface area contributed by atoms with Gasteiger partial charge in [-0.1, -0.05) is 17.7 Å². The Balaban J connectivity index is 2.27. The minimum absolute atomic E-state index is 0.0952. The average molecular weight is 469 g/mol. The third-order valence-electron chi connectivity index (χ3n) is 3.24. The van der Waals surface area contributed by atoms with Crippen molar-refractivity contribution in [3.05, 3.63) is 48.2 Å². The highest BCUT2D eigenvalue weighted by molar-refractivity contribution is 14.1. The lowest BCUT2D eigenvalue weighted by Gasteiger charge is -2.14. The molecule has 20 heavy (non-hydrogen) atoms. The number of aryl methyl sites for hydroxylation is 2. The molecule has 1 unspecified atom stereocenters. The maximum Gasteiger partial charge on any atom is 0.0738 e. The van der Waals surface area contributed by atoms with E-state index in [9.17, 15) is 0 Å². The molecular formula is C14H16BrClIN3. The maximum absolute atomic E-state index is 6.32. The Hall–Kier alpha value is -0.110. The Morgan fingerprint density at radius 1 is 1.50 bits per heavy atom. The fraction of sp³-hybridized carbons (Fsp3) is 0.357. The van der Waals surface area contributed by atoms with Crippen molar-refractivity contribution < 1.29 is 0 Å². The van der Waals surface area contributed by atoms with Crippen molar-refractivity contribution in [1.82, 2.24) is 9.78 Å². The molecule has 0 spiro atoms. The number of hydrogen-bond donors (Lipinski definition) is 1. The molecule has 1 aromatic carbocycles. The fourth-order valence-electron chi connectivity index (χ4n) is 2.13. The molecule has 0 amide bonds. The van der Waals surface area contributed by atoms with Crippen LogP contribution in [0, 0.1) is 10.5 Å². The SMILES string of the molecule is CCn1nc(C)c(Br)c1CC(N)c1ccc(I)c(Cl)c1. The van der Waals surface area contributed by atoms with E-state index in [2.05, 4.69) is 50.5 Å². The first-order valence-corrected chi connectivity index (χ1v) is 8.61. The predicted molar refractivity (Wildman–Crippen MR) is 95.1 cm³/mol. The zero-order valence-corrected chi connectivity index (χ0v) is 15.8. The highest BCUT2D eigenvalue weighted by atomic mass is 127. The molecule has 1 heterocycles. The standard InChI is InChI=1S/C14H16BrClIN3/c1-3-20-13(14(15)8(2)19-20)7-12(18)9-4-5-11(17)10(16)6-9/h4-6,12H,3,7,18H2,1-2H3. The molecule has 0 radical (unpaired) electrons. The van der Waals surface area contributed by atoms with Gasteiger partial charge in [-0.25, -0.2) is 0 Å². The van der Waals surface area contributed by atoms with Crippen molar-refractivity contribution in [3.8, 4) is 0 Å². The number of rotatable bonds is 4. The lowest BCUT2D eigenvalue weighted by Crippen LogP contribution is -2.16. The van der Waals surface area contributed by atoms with Gasteiger partial charge in [-0.15, -0.1) is 0 Å². The van der Waals surface area contributed by atoms with Gasteiger partial charge in [0, 0.05) is 22.6 Å².